The quantitative estimate of drug-likeness (QED) is 0.780. The maximum Gasteiger partial charge on any atom is 0.416 e. The molecule has 0 amide bonds. The van der Waals surface area contributed by atoms with E-state index >= 15 is 0 Å². The maximum atomic E-state index is 12.7. The van der Waals surface area contributed by atoms with Crippen molar-refractivity contribution < 1.29 is 13.2 Å². The Kier molecular flexibility index (Phi) is 3.65. The second kappa shape index (κ2) is 5.66. The van der Waals surface area contributed by atoms with Gasteiger partial charge >= 0.3 is 6.18 Å². The van der Waals surface area contributed by atoms with Crippen LogP contribution in [0.5, 0.6) is 0 Å². The van der Waals surface area contributed by atoms with E-state index in [0.717, 1.165) is 12.1 Å². The number of anilines is 1. The third-order valence-corrected chi connectivity index (χ3v) is 3.30. The van der Waals surface area contributed by atoms with Crippen LogP contribution in [0.25, 0.3) is 17.1 Å². The van der Waals surface area contributed by atoms with Crippen molar-refractivity contribution in [3.05, 3.63) is 54.0 Å². The fraction of sp³-hybridized carbons (Fsp3) is 0.0667. The molecule has 3 rings (SSSR count). The number of hydrogen-bond donors (Lipinski definition) is 1. The first kappa shape index (κ1) is 15.5. The lowest BCUT2D eigenvalue weighted by molar-refractivity contribution is -0.137. The van der Waals surface area contributed by atoms with Gasteiger partial charge in [-0.05, 0) is 12.1 Å². The van der Waals surface area contributed by atoms with E-state index < -0.39 is 11.7 Å². The van der Waals surface area contributed by atoms with Crippen LogP contribution in [0.4, 0.5) is 19.0 Å². The summed E-state index contributed by atoms with van der Waals surface area (Å²) < 4.78 is 39.2. The third-order valence-electron chi connectivity index (χ3n) is 3.30. The van der Waals surface area contributed by atoms with E-state index in [1.54, 1.807) is 6.07 Å². The van der Waals surface area contributed by atoms with Crippen LogP contribution in [0, 0.1) is 11.3 Å². The highest BCUT2D eigenvalue weighted by Crippen LogP contribution is 2.32. The van der Waals surface area contributed by atoms with Gasteiger partial charge in [0.2, 0.25) is 0 Å². The van der Waals surface area contributed by atoms with Crippen molar-refractivity contribution in [3.63, 3.8) is 0 Å². The van der Waals surface area contributed by atoms with Crippen molar-refractivity contribution in [2.45, 2.75) is 6.18 Å². The lowest BCUT2D eigenvalue weighted by Gasteiger charge is -2.06. The first-order valence-corrected chi connectivity index (χ1v) is 6.64. The second-order valence-electron chi connectivity index (χ2n) is 4.78. The molecule has 0 bridgehead atoms. The highest BCUT2D eigenvalue weighted by atomic mass is 19.4. The normalized spacial score (nSPS) is 11.2. The fourth-order valence-electron chi connectivity index (χ4n) is 2.14. The summed E-state index contributed by atoms with van der Waals surface area (Å²) in [5, 5.41) is 13.5. The molecule has 0 saturated carbocycles. The van der Waals surface area contributed by atoms with Crippen LogP contribution in [0.15, 0.2) is 42.9 Å². The summed E-state index contributed by atoms with van der Waals surface area (Å²) in [7, 11) is 0. The largest absolute Gasteiger partial charge is 0.416 e. The van der Waals surface area contributed by atoms with Crippen LogP contribution in [0.2, 0.25) is 0 Å². The Morgan fingerprint density at radius 3 is 2.38 bits per heavy atom. The number of benzene rings is 1. The molecule has 6 nitrogen and oxygen atoms in total. The summed E-state index contributed by atoms with van der Waals surface area (Å²) >= 11 is 0. The van der Waals surface area contributed by atoms with E-state index in [0.29, 0.717) is 11.4 Å². The number of rotatable bonds is 2. The molecule has 3 aromatic rings. The van der Waals surface area contributed by atoms with E-state index in [1.165, 1.54) is 29.3 Å². The van der Waals surface area contributed by atoms with E-state index in [2.05, 4.69) is 15.1 Å². The van der Waals surface area contributed by atoms with E-state index in [9.17, 15) is 18.4 Å². The van der Waals surface area contributed by atoms with Gasteiger partial charge in [-0.1, -0.05) is 12.1 Å². The Labute approximate surface area is 134 Å². The third kappa shape index (κ3) is 2.65. The molecule has 24 heavy (non-hydrogen) atoms. The number of nitrogen functional groups attached to an aromatic ring is 1. The predicted octanol–water partition coefficient (Wildman–Crippen LogP) is 2.80. The number of alkyl halides is 3. The summed E-state index contributed by atoms with van der Waals surface area (Å²) in [5.41, 5.74) is 5.73. The van der Waals surface area contributed by atoms with E-state index in [4.69, 9.17) is 5.73 Å². The monoisotopic (exact) mass is 330 g/mol. The Balaban J connectivity index is 2.11. The van der Waals surface area contributed by atoms with E-state index in [1.807, 2.05) is 6.07 Å². The molecule has 0 aliphatic rings. The molecule has 0 aliphatic heterocycles. The SMILES string of the molecule is N#Cc1c(-c2ccc(C(F)(F)F)cc2)nn(-c2ccncn2)c1N. The molecule has 0 spiro atoms. The minimum Gasteiger partial charge on any atom is -0.382 e. The topological polar surface area (TPSA) is 93.4 Å². The fourth-order valence-corrected chi connectivity index (χ4v) is 2.14. The second-order valence-corrected chi connectivity index (χ2v) is 4.78. The van der Waals surface area contributed by atoms with Gasteiger partial charge in [-0.25, -0.2) is 9.97 Å². The molecular weight excluding hydrogens is 321 g/mol. The Morgan fingerprint density at radius 1 is 1.12 bits per heavy atom. The summed E-state index contributed by atoms with van der Waals surface area (Å²) in [5.74, 6) is 0.392. The van der Waals surface area contributed by atoms with Gasteiger partial charge in [-0.3, -0.25) is 0 Å². The predicted molar refractivity (Wildman–Crippen MR) is 78.7 cm³/mol. The molecular formula is C15H9F3N6. The molecule has 2 heterocycles. The van der Waals surface area contributed by atoms with Gasteiger partial charge < -0.3 is 5.73 Å². The van der Waals surface area contributed by atoms with Crippen LogP contribution in [0.1, 0.15) is 11.1 Å². The van der Waals surface area contributed by atoms with Crippen LogP contribution < -0.4 is 5.73 Å². The molecule has 0 fully saturated rings. The van der Waals surface area contributed by atoms with Crippen molar-refractivity contribution >= 4 is 5.82 Å². The zero-order valence-electron chi connectivity index (χ0n) is 12.0. The molecule has 0 saturated heterocycles. The van der Waals surface area contributed by atoms with Crippen molar-refractivity contribution in [1.82, 2.24) is 19.7 Å². The van der Waals surface area contributed by atoms with Crippen LogP contribution >= 0.6 is 0 Å². The molecule has 9 heteroatoms. The van der Waals surface area contributed by atoms with Gasteiger partial charge in [0.25, 0.3) is 0 Å². The van der Waals surface area contributed by atoms with Gasteiger partial charge in [0.15, 0.2) is 5.82 Å². The Hall–Kier alpha value is -3.41. The van der Waals surface area contributed by atoms with Crippen molar-refractivity contribution in [2.75, 3.05) is 5.73 Å². The lowest BCUT2D eigenvalue weighted by atomic mass is 10.1. The zero-order valence-corrected chi connectivity index (χ0v) is 12.0. The highest BCUT2D eigenvalue weighted by molar-refractivity contribution is 5.73. The number of nitrogens with two attached hydrogens (primary N) is 1. The number of aromatic nitrogens is 4. The molecule has 0 atom stereocenters. The zero-order chi connectivity index (χ0) is 17.3. The van der Waals surface area contributed by atoms with Gasteiger partial charge in [-0.2, -0.15) is 28.2 Å². The maximum absolute atomic E-state index is 12.7. The molecule has 2 N–H and O–H groups in total. The highest BCUT2D eigenvalue weighted by Gasteiger charge is 2.30. The molecule has 1 aromatic carbocycles. The standard InChI is InChI=1S/C15H9F3N6/c16-15(17,18)10-3-1-9(2-4-10)13-11(7-19)14(20)24(23-13)12-5-6-21-8-22-12/h1-6,8H,20H2. The van der Waals surface area contributed by atoms with Crippen LogP contribution in [-0.2, 0) is 6.18 Å². The molecule has 0 unspecified atom stereocenters. The molecule has 0 aliphatic carbocycles. The van der Waals surface area contributed by atoms with E-state index in [-0.39, 0.29) is 17.1 Å². The number of nitriles is 1. The average molecular weight is 330 g/mol. The number of hydrogen-bond acceptors (Lipinski definition) is 5. The van der Waals surface area contributed by atoms with Crippen molar-refractivity contribution in [1.29, 1.82) is 5.26 Å². The van der Waals surface area contributed by atoms with Crippen molar-refractivity contribution in [2.24, 2.45) is 0 Å². The minimum absolute atomic E-state index is 0.0473. The number of halogens is 3. The Morgan fingerprint density at radius 2 is 1.83 bits per heavy atom. The molecule has 2 aromatic heterocycles. The first-order valence-electron chi connectivity index (χ1n) is 6.64. The summed E-state index contributed by atoms with van der Waals surface area (Å²) in [6.07, 6.45) is -1.66. The number of nitrogens with zero attached hydrogens (tertiary/aromatic N) is 5. The van der Waals surface area contributed by atoms with Crippen LogP contribution in [-0.4, -0.2) is 19.7 Å². The van der Waals surface area contributed by atoms with Gasteiger partial charge in [-0.15, -0.1) is 0 Å². The van der Waals surface area contributed by atoms with Crippen molar-refractivity contribution in [3.8, 4) is 23.1 Å². The average Bonchev–Trinajstić information content (AvgIpc) is 2.91. The van der Waals surface area contributed by atoms with Gasteiger partial charge in [0.05, 0.1) is 5.56 Å². The molecule has 120 valence electrons. The summed E-state index contributed by atoms with van der Waals surface area (Å²) in [6, 6.07) is 7.81. The Bertz CT molecular complexity index is 907. The smallest absolute Gasteiger partial charge is 0.382 e. The molecule has 0 radical (unpaired) electrons. The van der Waals surface area contributed by atoms with Gasteiger partial charge in [0.1, 0.15) is 29.5 Å². The lowest BCUT2D eigenvalue weighted by Crippen LogP contribution is -2.04. The summed E-state index contributed by atoms with van der Waals surface area (Å²) in [4.78, 5) is 7.77. The first-order chi connectivity index (χ1) is 11.4. The minimum atomic E-state index is -4.43. The van der Waals surface area contributed by atoms with Crippen LogP contribution in [0.3, 0.4) is 0 Å². The summed E-state index contributed by atoms with van der Waals surface area (Å²) in [6.45, 7) is 0. The van der Waals surface area contributed by atoms with Gasteiger partial charge in [0, 0.05) is 17.8 Å².